The van der Waals surface area contributed by atoms with Gasteiger partial charge in [-0.15, -0.1) is 11.3 Å². The molecule has 7 heteroatoms. The first-order valence-electron chi connectivity index (χ1n) is 5.40. The zero-order valence-corrected chi connectivity index (χ0v) is 12.0. The van der Waals surface area contributed by atoms with Gasteiger partial charge in [-0.3, -0.25) is 4.72 Å². The van der Waals surface area contributed by atoms with Crippen molar-refractivity contribution in [1.82, 2.24) is 4.98 Å². The van der Waals surface area contributed by atoms with Crippen LogP contribution in [0.25, 0.3) is 0 Å². The number of nitrogens with one attached hydrogen (secondary N) is 1. The van der Waals surface area contributed by atoms with Gasteiger partial charge in [0.25, 0.3) is 10.0 Å². The molecule has 1 heterocycles. The molecule has 0 radical (unpaired) electrons. The van der Waals surface area contributed by atoms with Gasteiger partial charge in [0.05, 0.1) is 11.3 Å². The third kappa shape index (κ3) is 2.75. The molecule has 98 valence electrons. The van der Waals surface area contributed by atoms with Crippen LogP contribution in [0.2, 0.25) is 0 Å². The molecule has 1 N–H and O–H groups in total. The van der Waals surface area contributed by atoms with Crippen molar-refractivity contribution in [2.75, 3.05) is 4.72 Å². The lowest BCUT2D eigenvalue weighted by molar-refractivity contribution is 0.601. The van der Waals surface area contributed by atoms with Crippen LogP contribution in [-0.2, 0) is 10.0 Å². The van der Waals surface area contributed by atoms with Crippen molar-refractivity contribution in [3.05, 3.63) is 40.4 Å². The molecule has 0 aliphatic carbocycles. The lowest BCUT2D eigenvalue weighted by Crippen LogP contribution is -2.14. The van der Waals surface area contributed by atoms with E-state index in [9.17, 15) is 8.42 Å². The molecule has 0 atom stereocenters. The third-order valence-electron chi connectivity index (χ3n) is 2.55. The van der Waals surface area contributed by atoms with E-state index in [2.05, 4.69) is 9.71 Å². The lowest BCUT2D eigenvalue weighted by Gasteiger charge is -2.06. The van der Waals surface area contributed by atoms with E-state index in [0.29, 0.717) is 5.13 Å². The van der Waals surface area contributed by atoms with Crippen LogP contribution in [0.15, 0.2) is 29.2 Å². The van der Waals surface area contributed by atoms with Crippen LogP contribution in [0.1, 0.15) is 16.1 Å². The zero-order chi connectivity index (χ0) is 14.0. The third-order valence-corrected chi connectivity index (χ3v) is 5.06. The monoisotopic (exact) mass is 293 g/mol. The lowest BCUT2D eigenvalue weighted by atomic mass is 10.2. The molecular formula is C12H11N3O2S2. The van der Waals surface area contributed by atoms with Crippen molar-refractivity contribution < 1.29 is 8.42 Å². The standard InChI is InChI=1S/C12H11N3O2S2/c1-8-9(2)18-12(14-8)15-19(16,17)11-6-4-3-5-10(11)7-13/h3-6H,1-2H3,(H,14,15). The highest BCUT2D eigenvalue weighted by molar-refractivity contribution is 7.93. The summed E-state index contributed by atoms with van der Waals surface area (Å²) in [5.41, 5.74) is 0.899. The molecule has 1 aromatic heterocycles. The summed E-state index contributed by atoms with van der Waals surface area (Å²) in [7, 11) is -3.78. The van der Waals surface area contributed by atoms with Crippen molar-refractivity contribution in [3.8, 4) is 6.07 Å². The fraction of sp³-hybridized carbons (Fsp3) is 0.167. The molecule has 0 saturated carbocycles. The fourth-order valence-electron chi connectivity index (χ4n) is 1.48. The molecule has 0 aliphatic rings. The van der Waals surface area contributed by atoms with E-state index < -0.39 is 10.0 Å². The Bertz CT molecular complexity index is 738. The van der Waals surface area contributed by atoms with Crippen LogP contribution >= 0.6 is 11.3 Å². The summed E-state index contributed by atoms with van der Waals surface area (Å²) in [6.45, 7) is 3.68. The van der Waals surface area contributed by atoms with Gasteiger partial charge >= 0.3 is 0 Å². The fourth-order valence-corrected chi connectivity index (χ4v) is 3.69. The van der Waals surface area contributed by atoms with Gasteiger partial charge < -0.3 is 0 Å². The average molecular weight is 293 g/mol. The Kier molecular flexibility index (Phi) is 3.55. The van der Waals surface area contributed by atoms with Crippen LogP contribution in [0.4, 0.5) is 5.13 Å². The van der Waals surface area contributed by atoms with Crippen molar-refractivity contribution in [1.29, 1.82) is 5.26 Å². The number of aromatic nitrogens is 1. The summed E-state index contributed by atoms with van der Waals surface area (Å²) in [4.78, 5) is 5.03. The molecule has 0 amide bonds. The van der Waals surface area contributed by atoms with Gasteiger partial charge in [0.15, 0.2) is 5.13 Å². The van der Waals surface area contributed by atoms with Crippen LogP contribution in [-0.4, -0.2) is 13.4 Å². The Balaban J connectivity index is 2.41. The second-order valence-electron chi connectivity index (χ2n) is 3.87. The van der Waals surface area contributed by atoms with Gasteiger partial charge in [0, 0.05) is 4.88 Å². The minimum atomic E-state index is -3.78. The van der Waals surface area contributed by atoms with Gasteiger partial charge in [0.2, 0.25) is 0 Å². The number of hydrogen-bond donors (Lipinski definition) is 1. The Morgan fingerprint density at radius 1 is 1.32 bits per heavy atom. The molecule has 0 fully saturated rings. The molecule has 2 aromatic rings. The smallest absolute Gasteiger partial charge is 0.255 e. The van der Waals surface area contributed by atoms with Crippen LogP contribution < -0.4 is 4.72 Å². The van der Waals surface area contributed by atoms with E-state index in [1.54, 1.807) is 12.1 Å². The number of sulfonamides is 1. The molecule has 0 unspecified atom stereocenters. The van der Waals surface area contributed by atoms with Crippen molar-refractivity contribution in [3.63, 3.8) is 0 Å². The van der Waals surface area contributed by atoms with Gasteiger partial charge in [-0.1, -0.05) is 12.1 Å². The van der Waals surface area contributed by atoms with Crippen LogP contribution in [0.5, 0.6) is 0 Å². The SMILES string of the molecule is Cc1nc(NS(=O)(=O)c2ccccc2C#N)sc1C. The predicted octanol–water partition coefficient (Wildman–Crippen LogP) is 2.43. The average Bonchev–Trinajstić information content (AvgIpc) is 2.67. The van der Waals surface area contributed by atoms with E-state index in [1.807, 2.05) is 19.9 Å². The summed E-state index contributed by atoms with van der Waals surface area (Å²) >= 11 is 1.27. The molecule has 0 spiro atoms. The number of anilines is 1. The second-order valence-corrected chi connectivity index (χ2v) is 6.73. The predicted molar refractivity (Wildman–Crippen MR) is 73.6 cm³/mol. The zero-order valence-electron chi connectivity index (χ0n) is 10.3. The molecule has 1 aromatic carbocycles. The Hall–Kier alpha value is -1.91. The first-order valence-corrected chi connectivity index (χ1v) is 7.70. The van der Waals surface area contributed by atoms with E-state index >= 15 is 0 Å². The van der Waals surface area contributed by atoms with E-state index in [-0.39, 0.29) is 10.5 Å². The highest BCUT2D eigenvalue weighted by Gasteiger charge is 2.20. The quantitative estimate of drug-likeness (QED) is 0.942. The van der Waals surface area contributed by atoms with Crippen LogP contribution in [0.3, 0.4) is 0 Å². The van der Waals surface area contributed by atoms with Crippen molar-refractivity contribution in [2.45, 2.75) is 18.7 Å². The van der Waals surface area contributed by atoms with Crippen molar-refractivity contribution in [2.24, 2.45) is 0 Å². The first-order chi connectivity index (χ1) is 8.94. The molecule has 0 aliphatic heterocycles. The van der Waals surface area contributed by atoms with Gasteiger partial charge in [-0.2, -0.15) is 5.26 Å². The number of thiazole rings is 1. The largest absolute Gasteiger partial charge is 0.264 e. The summed E-state index contributed by atoms with van der Waals surface area (Å²) in [6.07, 6.45) is 0. The minimum absolute atomic E-state index is 0.0389. The molecule has 19 heavy (non-hydrogen) atoms. The summed E-state index contributed by atoms with van der Waals surface area (Å²) in [5.74, 6) is 0. The summed E-state index contributed by atoms with van der Waals surface area (Å²) < 4.78 is 26.8. The normalized spacial score (nSPS) is 11.0. The highest BCUT2D eigenvalue weighted by Crippen LogP contribution is 2.25. The highest BCUT2D eigenvalue weighted by atomic mass is 32.2. The minimum Gasteiger partial charge on any atom is -0.255 e. The Morgan fingerprint density at radius 2 is 2.00 bits per heavy atom. The summed E-state index contributed by atoms with van der Waals surface area (Å²) in [6, 6.07) is 7.93. The van der Waals surface area contributed by atoms with Gasteiger partial charge in [0.1, 0.15) is 11.0 Å². The topological polar surface area (TPSA) is 82.8 Å². The number of rotatable bonds is 3. The van der Waals surface area contributed by atoms with E-state index in [4.69, 9.17) is 5.26 Å². The number of nitriles is 1. The number of nitrogens with zero attached hydrogens (tertiary/aromatic N) is 2. The van der Waals surface area contributed by atoms with E-state index in [0.717, 1.165) is 10.6 Å². The number of benzene rings is 1. The number of hydrogen-bond acceptors (Lipinski definition) is 5. The molecule has 5 nitrogen and oxygen atoms in total. The number of aryl methyl sites for hydroxylation is 2. The maximum Gasteiger partial charge on any atom is 0.264 e. The van der Waals surface area contributed by atoms with Gasteiger partial charge in [-0.05, 0) is 26.0 Å². The van der Waals surface area contributed by atoms with E-state index in [1.165, 1.54) is 23.5 Å². The van der Waals surface area contributed by atoms with Crippen molar-refractivity contribution >= 4 is 26.5 Å². The molecular weight excluding hydrogens is 282 g/mol. The molecule has 2 rings (SSSR count). The first kappa shape index (κ1) is 13.5. The Morgan fingerprint density at radius 3 is 2.58 bits per heavy atom. The molecule has 0 bridgehead atoms. The Labute approximate surface area is 115 Å². The summed E-state index contributed by atoms with van der Waals surface area (Å²) in [5, 5.41) is 9.25. The maximum absolute atomic E-state index is 12.2. The van der Waals surface area contributed by atoms with Gasteiger partial charge in [-0.25, -0.2) is 13.4 Å². The molecule has 0 saturated heterocycles. The van der Waals surface area contributed by atoms with Crippen LogP contribution in [0, 0.1) is 25.2 Å². The second kappa shape index (κ2) is 4.99. The maximum atomic E-state index is 12.2.